The molecule has 2 amide bonds. The molecule has 6 nitrogen and oxygen atoms in total. The molecule has 30 heavy (non-hydrogen) atoms. The first-order valence-electron chi connectivity index (χ1n) is 10.7. The molecule has 4 rings (SSSR count). The van der Waals surface area contributed by atoms with Gasteiger partial charge in [0.1, 0.15) is 5.00 Å². The van der Waals surface area contributed by atoms with Gasteiger partial charge in [-0.15, -0.1) is 22.7 Å². The van der Waals surface area contributed by atoms with Crippen molar-refractivity contribution in [1.29, 1.82) is 0 Å². The highest BCUT2D eigenvalue weighted by Crippen LogP contribution is 2.38. The third-order valence-electron chi connectivity index (χ3n) is 5.83. The Morgan fingerprint density at radius 2 is 2.13 bits per heavy atom. The van der Waals surface area contributed by atoms with Gasteiger partial charge in [0.15, 0.2) is 0 Å². The molecule has 8 heteroatoms. The number of aryl methyl sites for hydroxylation is 1. The number of anilines is 1. The monoisotopic (exact) mass is 447 g/mol. The topological polar surface area (TPSA) is 70.7 Å². The number of hydrogen-bond donors (Lipinski definition) is 2. The molecule has 1 fully saturated rings. The summed E-state index contributed by atoms with van der Waals surface area (Å²) in [6.45, 7) is 2.22. The number of hydrogen-bond acceptors (Lipinski definition) is 6. The van der Waals surface area contributed by atoms with Crippen molar-refractivity contribution in [2.24, 2.45) is 0 Å². The predicted octanol–water partition coefficient (Wildman–Crippen LogP) is 3.84. The highest BCUT2D eigenvalue weighted by Gasteiger charge is 2.30. The standard InChI is InChI=1S/C22H29N3O3S2/c1-28-12-10-23-21(27)20-15-6-2-3-8-17(15)30-22(20)24-19(26)14-25-11-4-7-16(25)18-9-5-13-29-18/h5,9,13,16H,2-4,6-8,10-12,14H2,1H3,(H,23,27)(H,24,26)/t16-/m1/s1. The number of amides is 2. The maximum atomic E-state index is 12.9. The van der Waals surface area contributed by atoms with Crippen LogP contribution in [0.2, 0.25) is 0 Å². The summed E-state index contributed by atoms with van der Waals surface area (Å²) in [6, 6.07) is 4.55. The van der Waals surface area contributed by atoms with Crippen LogP contribution >= 0.6 is 22.7 Å². The molecule has 0 bridgehead atoms. The van der Waals surface area contributed by atoms with E-state index in [2.05, 4.69) is 33.0 Å². The summed E-state index contributed by atoms with van der Waals surface area (Å²) in [4.78, 5) is 30.6. The number of thiophene rings is 2. The SMILES string of the molecule is COCCNC(=O)c1c(NC(=O)CN2CCC[C@@H]2c2cccs2)sc2c1CCCC2. The van der Waals surface area contributed by atoms with Crippen molar-refractivity contribution in [3.05, 3.63) is 38.4 Å². The van der Waals surface area contributed by atoms with Gasteiger partial charge in [-0.1, -0.05) is 6.07 Å². The van der Waals surface area contributed by atoms with Crippen LogP contribution in [0.4, 0.5) is 5.00 Å². The third kappa shape index (κ3) is 4.77. The molecule has 1 aliphatic carbocycles. The molecule has 1 saturated heterocycles. The molecule has 2 aromatic rings. The molecule has 0 spiro atoms. The van der Waals surface area contributed by atoms with Crippen molar-refractivity contribution < 1.29 is 14.3 Å². The van der Waals surface area contributed by atoms with E-state index in [1.807, 2.05) is 0 Å². The zero-order chi connectivity index (χ0) is 20.9. The molecular formula is C22H29N3O3S2. The summed E-state index contributed by atoms with van der Waals surface area (Å²) in [5, 5.41) is 8.81. The van der Waals surface area contributed by atoms with E-state index in [0.29, 0.717) is 36.3 Å². The minimum atomic E-state index is -0.112. The number of nitrogens with zero attached hydrogens (tertiary/aromatic N) is 1. The molecule has 2 N–H and O–H groups in total. The molecule has 2 aliphatic rings. The molecule has 0 saturated carbocycles. The van der Waals surface area contributed by atoms with Crippen LogP contribution in [0.25, 0.3) is 0 Å². The smallest absolute Gasteiger partial charge is 0.254 e. The maximum Gasteiger partial charge on any atom is 0.254 e. The lowest BCUT2D eigenvalue weighted by molar-refractivity contribution is -0.117. The Bertz CT molecular complexity index is 879. The van der Waals surface area contributed by atoms with Gasteiger partial charge in [-0.25, -0.2) is 0 Å². The lowest BCUT2D eigenvalue weighted by Crippen LogP contribution is -2.33. The van der Waals surface area contributed by atoms with E-state index in [1.54, 1.807) is 29.8 Å². The van der Waals surface area contributed by atoms with Gasteiger partial charge in [0.2, 0.25) is 5.91 Å². The Morgan fingerprint density at radius 1 is 1.27 bits per heavy atom. The van der Waals surface area contributed by atoms with E-state index in [4.69, 9.17) is 4.74 Å². The number of carbonyl (C=O) groups excluding carboxylic acids is 2. The molecule has 0 aromatic carbocycles. The number of ether oxygens (including phenoxy) is 1. The Morgan fingerprint density at radius 3 is 2.93 bits per heavy atom. The van der Waals surface area contributed by atoms with E-state index < -0.39 is 0 Å². The summed E-state index contributed by atoms with van der Waals surface area (Å²) in [7, 11) is 1.62. The van der Waals surface area contributed by atoms with Crippen molar-refractivity contribution in [2.45, 2.75) is 44.6 Å². The fourth-order valence-electron chi connectivity index (χ4n) is 4.42. The average Bonchev–Trinajstić information content (AvgIpc) is 3.47. The summed E-state index contributed by atoms with van der Waals surface area (Å²) in [5.74, 6) is -0.151. The van der Waals surface area contributed by atoms with Gasteiger partial charge in [-0.3, -0.25) is 14.5 Å². The lowest BCUT2D eigenvalue weighted by Gasteiger charge is -2.22. The fraction of sp³-hybridized carbons (Fsp3) is 0.545. The second kappa shape index (κ2) is 10.0. The number of carbonyl (C=O) groups is 2. The Labute approximate surface area is 185 Å². The van der Waals surface area contributed by atoms with E-state index in [9.17, 15) is 9.59 Å². The predicted molar refractivity (Wildman–Crippen MR) is 122 cm³/mol. The van der Waals surface area contributed by atoms with E-state index >= 15 is 0 Å². The van der Waals surface area contributed by atoms with Crippen LogP contribution in [-0.4, -0.2) is 50.1 Å². The third-order valence-corrected chi connectivity index (χ3v) is 8.01. The minimum Gasteiger partial charge on any atom is -0.383 e. The van der Waals surface area contributed by atoms with Crippen LogP contribution in [0.15, 0.2) is 17.5 Å². The lowest BCUT2D eigenvalue weighted by atomic mass is 9.95. The fourth-order valence-corrected chi connectivity index (χ4v) is 6.62. The molecule has 3 heterocycles. The maximum absolute atomic E-state index is 12.9. The van der Waals surface area contributed by atoms with Crippen molar-refractivity contribution in [1.82, 2.24) is 10.2 Å². The summed E-state index contributed by atoms with van der Waals surface area (Å²) >= 11 is 3.33. The Balaban J connectivity index is 1.47. The number of methoxy groups -OCH3 is 1. The van der Waals surface area contributed by atoms with Gasteiger partial charge in [0.05, 0.1) is 18.7 Å². The van der Waals surface area contributed by atoms with Crippen LogP contribution in [0.5, 0.6) is 0 Å². The van der Waals surface area contributed by atoms with Crippen LogP contribution in [-0.2, 0) is 22.4 Å². The first-order valence-corrected chi connectivity index (χ1v) is 12.4. The molecule has 0 unspecified atom stereocenters. The second-order valence-corrected chi connectivity index (χ2v) is 9.94. The number of fused-ring (bicyclic) bond motifs is 1. The number of likely N-dealkylation sites (tertiary alicyclic amines) is 1. The molecule has 1 aliphatic heterocycles. The van der Waals surface area contributed by atoms with Gasteiger partial charge in [0.25, 0.3) is 5.91 Å². The van der Waals surface area contributed by atoms with Crippen LogP contribution in [0, 0.1) is 0 Å². The molecule has 2 aromatic heterocycles. The minimum absolute atomic E-state index is 0.0389. The largest absolute Gasteiger partial charge is 0.383 e. The molecule has 1 atom stereocenters. The van der Waals surface area contributed by atoms with Gasteiger partial charge in [0, 0.05) is 29.5 Å². The zero-order valence-electron chi connectivity index (χ0n) is 17.4. The van der Waals surface area contributed by atoms with Crippen molar-refractivity contribution >= 4 is 39.5 Å². The van der Waals surface area contributed by atoms with Crippen molar-refractivity contribution in [3.8, 4) is 0 Å². The van der Waals surface area contributed by atoms with Crippen molar-refractivity contribution in [3.63, 3.8) is 0 Å². The molecule has 162 valence electrons. The van der Waals surface area contributed by atoms with Gasteiger partial charge in [-0.05, 0) is 62.1 Å². The second-order valence-electron chi connectivity index (χ2n) is 7.86. The number of nitrogens with one attached hydrogen (secondary N) is 2. The summed E-state index contributed by atoms with van der Waals surface area (Å²) in [5.41, 5.74) is 1.78. The first kappa shape index (κ1) is 21.5. The average molecular weight is 448 g/mol. The Hall–Kier alpha value is -1.74. The Kier molecular flexibility index (Phi) is 7.20. The van der Waals surface area contributed by atoms with E-state index in [0.717, 1.165) is 50.6 Å². The summed E-state index contributed by atoms with van der Waals surface area (Å²) < 4.78 is 5.05. The van der Waals surface area contributed by atoms with Crippen LogP contribution in [0.1, 0.15) is 57.4 Å². The highest BCUT2D eigenvalue weighted by atomic mass is 32.1. The first-order chi connectivity index (χ1) is 14.7. The summed E-state index contributed by atoms with van der Waals surface area (Å²) in [6.07, 6.45) is 6.32. The van der Waals surface area contributed by atoms with Gasteiger partial charge < -0.3 is 15.4 Å². The van der Waals surface area contributed by atoms with Crippen LogP contribution in [0.3, 0.4) is 0 Å². The zero-order valence-corrected chi connectivity index (χ0v) is 19.0. The van der Waals surface area contributed by atoms with Crippen molar-refractivity contribution in [2.75, 3.05) is 38.7 Å². The molecular weight excluding hydrogens is 418 g/mol. The quantitative estimate of drug-likeness (QED) is 0.603. The number of rotatable bonds is 8. The van der Waals surface area contributed by atoms with Gasteiger partial charge >= 0.3 is 0 Å². The normalized spacial score (nSPS) is 18.9. The van der Waals surface area contributed by atoms with Crippen LogP contribution < -0.4 is 10.6 Å². The van der Waals surface area contributed by atoms with E-state index in [-0.39, 0.29) is 11.8 Å². The molecule has 0 radical (unpaired) electrons. The van der Waals surface area contributed by atoms with E-state index in [1.165, 1.54) is 9.75 Å². The highest BCUT2D eigenvalue weighted by molar-refractivity contribution is 7.17. The van der Waals surface area contributed by atoms with Gasteiger partial charge in [-0.2, -0.15) is 0 Å².